The number of hydrogen-bond donors (Lipinski definition) is 1. The van der Waals surface area contributed by atoms with E-state index in [4.69, 9.17) is 0 Å². The van der Waals surface area contributed by atoms with E-state index in [0.29, 0.717) is 17.9 Å². The lowest BCUT2D eigenvalue weighted by molar-refractivity contribution is 0.601. The highest BCUT2D eigenvalue weighted by molar-refractivity contribution is 7.92. The zero-order valence-corrected chi connectivity index (χ0v) is 13.3. The van der Waals surface area contributed by atoms with Crippen LogP contribution in [0.2, 0.25) is 0 Å². The van der Waals surface area contributed by atoms with Crippen molar-refractivity contribution in [2.45, 2.75) is 25.3 Å². The molecule has 114 valence electrons. The van der Waals surface area contributed by atoms with Crippen LogP contribution in [0.3, 0.4) is 0 Å². The van der Waals surface area contributed by atoms with Gasteiger partial charge in [-0.15, -0.1) is 0 Å². The molecule has 0 bridgehead atoms. The van der Waals surface area contributed by atoms with Crippen molar-refractivity contribution in [1.29, 1.82) is 0 Å². The normalized spacial score (nSPS) is 11.7. The molecule has 3 aromatic rings. The van der Waals surface area contributed by atoms with Gasteiger partial charge in [-0.05, 0) is 36.8 Å². The molecule has 0 aliphatic heterocycles. The first-order valence-corrected chi connectivity index (χ1v) is 8.53. The van der Waals surface area contributed by atoms with Crippen LogP contribution in [-0.4, -0.2) is 18.2 Å². The quantitative estimate of drug-likeness (QED) is 0.804. The van der Waals surface area contributed by atoms with E-state index >= 15 is 0 Å². The molecule has 0 spiro atoms. The molecule has 0 unspecified atom stereocenters. The fourth-order valence-corrected chi connectivity index (χ4v) is 3.46. The largest absolute Gasteiger partial charge is 0.276 e. The number of aromatic nitrogens is 2. The third kappa shape index (κ3) is 2.69. The standard InChI is InChI=1S/C16H17N3O2S/c1-3-19-11-16(12(2)17-19)18-22(20,21)15-9-8-13-6-4-5-7-14(13)10-15/h4-11,18H,3H2,1-2H3. The molecular formula is C16H17N3O2S. The summed E-state index contributed by atoms with van der Waals surface area (Å²) >= 11 is 0. The van der Waals surface area contributed by atoms with Gasteiger partial charge < -0.3 is 0 Å². The zero-order chi connectivity index (χ0) is 15.7. The average Bonchev–Trinajstić information content (AvgIpc) is 2.86. The summed E-state index contributed by atoms with van der Waals surface area (Å²) in [7, 11) is -3.63. The van der Waals surface area contributed by atoms with E-state index in [-0.39, 0.29) is 4.90 Å². The Morgan fingerprint density at radius 1 is 1.14 bits per heavy atom. The van der Waals surface area contributed by atoms with Crippen LogP contribution < -0.4 is 4.72 Å². The molecule has 6 heteroatoms. The molecular weight excluding hydrogens is 298 g/mol. The van der Waals surface area contributed by atoms with Gasteiger partial charge in [-0.25, -0.2) is 8.42 Å². The summed E-state index contributed by atoms with van der Waals surface area (Å²) in [6, 6.07) is 12.8. The first-order chi connectivity index (χ1) is 10.5. The monoisotopic (exact) mass is 315 g/mol. The van der Waals surface area contributed by atoms with Crippen LogP contribution in [0.5, 0.6) is 0 Å². The van der Waals surface area contributed by atoms with Gasteiger partial charge in [0.2, 0.25) is 0 Å². The van der Waals surface area contributed by atoms with Gasteiger partial charge in [-0.3, -0.25) is 9.40 Å². The maximum absolute atomic E-state index is 12.5. The van der Waals surface area contributed by atoms with E-state index in [1.54, 1.807) is 29.9 Å². The molecule has 1 heterocycles. The molecule has 2 aromatic carbocycles. The smallest absolute Gasteiger partial charge is 0.262 e. The molecule has 22 heavy (non-hydrogen) atoms. The number of nitrogens with one attached hydrogen (secondary N) is 1. The summed E-state index contributed by atoms with van der Waals surface area (Å²) in [4.78, 5) is 0.245. The van der Waals surface area contributed by atoms with Crippen LogP contribution in [0.25, 0.3) is 10.8 Å². The maximum atomic E-state index is 12.5. The maximum Gasteiger partial charge on any atom is 0.262 e. The van der Waals surface area contributed by atoms with Gasteiger partial charge in [0.15, 0.2) is 0 Å². The third-order valence-corrected chi connectivity index (χ3v) is 4.91. The highest BCUT2D eigenvalue weighted by Crippen LogP contribution is 2.22. The van der Waals surface area contributed by atoms with E-state index in [9.17, 15) is 8.42 Å². The Hall–Kier alpha value is -2.34. The van der Waals surface area contributed by atoms with Crippen LogP contribution >= 0.6 is 0 Å². The molecule has 0 atom stereocenters. The molecule has 0 amide bonds. The second kappa shape index (κ2) is 5.46. The van der Waals surface area contributed by atoms with Crippen LogP contribution in [0.4, 0.5) is 5.69 Å². The molecule has 0 radical (unpaired) electrons. The highest BCUT2D eigenvalue weighted by atomic mass is 32.2. The van der Waals surface area contributed by atoms with Gasteiger partial charge in [-0.2, -0.15) is 5.10 Å². The molecule has 0 aliphatic carbocycles. The second-order valence-electron chi connectivity index (χ2n) is 5.10. The minimum absolute atomic E-state index is 0.245. The number of rotatable bonds is 4. The van der Waals surface area contributed by atoms with E-state index in [2.05, 4.69) is 9.82 Å². The highest BCUT2D eigenvalue weighted by Gasteiger charge is 2.17. The lowest BCUT2D eigenvalue weighted by Crippen LogP contribution is -2.13. The predicted molar refractivity (Wildman–Crippen MR) is 87.4 cm³/mol. The Balaban J connectivity index is 1.98. The van der Waals surface area contributed by atoms with Crippen LogP contribution in [0.15, 0.2) is 53.6 Å². The van der Waals surface area contributed by atoms with Gasteiger partial charge in [0.1, 0.15) is 0 Å². The number of sulfonamides is 1. The topological polar surface area (TPSA) is 64.0 Å². The van der Waals surface area contributed by atoms with Gasteiger partial charge >= 0.3 is 0 Å². The lowest BCUT2D eigenvalue weighted by Gasteiger charge is -2.08. The summed E-state index contributed by atoms with van der Waals surface area (Å²) in [6.07, 6.45) is 1.70. The van der Waals surface area contributed by atoms with Crippen molar-refractivity contribution in [2.75, 3.05) is 4.72 Å². The molecule has 5 nitrogen and oxygen atoms in total. The fraction of sp³-hybridized carbons (Fsp3) is 0.188. The van der Waals surface area contributed by atoms with Crippen molar-refractivity contribution in [3.63, 3.8) is 0 Å². The Morgan fingerprint density at radius 2 is 1.86 bits per heavy atom. The van der Waals surface area contributed by atoms with Gasteiger partial charge in [0, 0.05) is 12.7 Å². The molecule has 0 saturated carbocycles. The number of nitrogens with zero attached hydrogens (tertiary/aromatic N) is 2. The van der Waals surface area contributed by atoms with Crippen molar-refractivity contribution in [1.82, 2.24) is 9.78 Å². The van der Waals surface area contributed by atoms with Crippen molar-refractivity contribution in [3.8, 4) is 0 Å². The fourth-order valence-electron chi connectivity index (χ4n) is 2.32. The van der Waals surface area contributed by atoms with Crippen LogP contribution in [-0.2, 0) is 16.6 Å². The molecule has 1 aromatic heterocycles. The van der Waals surface area contributed by atoms with Gasteiger partial charge in [0.05, 0.1) is 16.3 Å². The first kappa shape index (κ1) is 14.6. The third-order valence-electron chi connectivity index (χ3n) is 3.55. The summed E-state index contributed by atoms with van der Waals surface area (Å²) in [5, 5.41) is 6.15. The van der Waals surface area contributed by atoms with E-state index in [1.165, 1.54) is 0 Å². The summed E-state index contributed by atoms with van der Waals surface area (Å²) < 4.78 is 29.4. The number of anilines is 1. The van der Waals surface area contributed by atoms with Crippen LogP contribution in [0, 0.1) is 6.92 Å². The predicted octanol–water partition coefficient (Wildman–Crippen LogP) is 3.17. The molecule has 0 aliphatic rings. The summed E-state index contributed by atoms with van der Waals surface area (Å²) in [6.45, 7) is 4.43. The first-order valence-electron chi connectivity index (χ1n) is 7.05. The Kier molecular flexibility index (Phi) is 3.62. The zero-order valence-electron chi connectivity index (χ0n) is 12.4. The SMILES string of the molecule is CCn1cc(NS(=O)(=O)c2ccc3ccccc3c2)c(C)n1. The number of hydrogen-bond acceptors (Lipinski definition) is 3. The average molecular weight is 315 g/mol. The Morgan fingerprint density at radius 3 is 2.55 bits per heavy atom. The Bertz CT molecular complexity index is 929. The summed E-state index contributed by atoms with van der Waals surface area (Å²) in [5.74, 6) is 0. The summed E-state index contributed by atoms with van der Waals surface area (Å²) in [5.41, 5.74) is 1.17. The van der Waals surface area contributed by atoms with Gasteiger partial charge in [-0.1, -0.05) is 30.3 Å². The van der Waals surface area contributed by atoms with Crippen molar-refractivity contribution >= 4 is 26.5 Å². The number of benzene rings is 2. The molecule has 1 N–H and O–H groups in total. The second-order valence-corrected chi connectivity index (χ2v) is 6.78. The number of fused-ring (bicyclic) bond motifs is 1. The molecule has 0 fully saturated rings. The minimum Gasteiger partial charge on any atom is -0.276 e. The van der Waals surface area contributed by atoms with Crippen molar-refractivity contribution in [3.05, 3.63) is 54.4 Å². The minimum atomic E-state index is -3.63. The van der Waals surface area contributed by atoms with Crippen LogP contribution in [0.1, 0.15) is 12.6 Å². The van der Waals surface area contributed by atoms with Crippen molar-refractivity contribution in [2.24, 2.45) is 0 Å². The van der Waals surface area contributed by atoms with E-state index in [1.807, 2.05) is 37.3 Å². The Labute approximate surface area is 129 Å². The number of aryl methyl sites for hydroxylation is 2. The molecule has 0 saturated heterocycles. The molecule has 3 rings (SSSR count). The lowest BCUT2D eigenvalue weighted by atomic mass is 10.1. The van der Waals surface area contributed by atoms with Crippen molar-refractivity contribution < 1.29 is 8.42 Å². The van der Waals surface area contributed by atoms with E-state index < -0.39 is 10.0 Å². The van der Waals surface area contributed by atoms with E-state index in [0.717, 1.165) is 10.8 Å². The van der Waals surface area contributed by atoms with Gasteiger partial charge in [0.25, 0.3) is 10.0 Å².